The monoisotopic (exact) mass is 401 g/mol. The van der Waals surface area contributed by atoms with Gasteiger partial charge in [0.15, 0.2) is 11.2 Å². The predicted molar refractivity (Wildman–Crippen MR) is 106 cm³/mol. The molecule has 8 heteroatoms. The molecule has 1 atom stereocenters. The van der Waals surface area contributed by atoms with Gasteiger partial charge in [-0.3, -0.25) is 19.3 Å². The summed E-state index contributed by atoms with van der Waals surface area (Å²) in [7, 11) is 0. The molecule has 0 aliphatic carbocycles. The maximum atomic E-state index is 12.1. The first-order chi connectivity index (χ1) is 13.5. The van der Waals surface area contributed by atoms with Gasteiger partial charge in [0.05, 0.1) is 12.1 Å². The second kappa shape index (κ2) is 9.45. The van der Waals surface area contributed by atoms with Crippen LogP contribution in [0.25, 0.3) is 0 Å². The average molecular weight is 401 g/mol. The third-order valence-electron chi connectivity index (χ3n) is 4.40. The molecular weight excluding hydrogens is 378 g/mol. The van der Waals surface area contributed by atoms with Crippen LogP contribution in [0, 0.1) is 0 Å². The predicted octanol–water partition coefficient (Wildman–Crippen LogP) is 2.10. The summed E-state index contributed by atoms with van der Waals surface area (Å²) >= 11 is 1.33. The Hall–Kier alpha value is -2.74. The van der Waals surface area contributed by atoms with E-state index in [-0.39, 0.29) is 18.2 Å². The van der Waals surface area contributed by atoms with Crippen LogP contribution in [-0.4, -0.2) is 42.0 Å². The lowest BCUT2D eigenvalue weighted by molar-refractivity contribution is -0.154. The fourth-order valence-electron chi connectivity index (χ4n) is 2.91. The summed E-state index contributed by atoms with van der Waals surface area (Å²) in [4.78, 5) is 41.9. The maximum Gasteiger partial charge on any atom is 0.312 e. The van der Waals surface area contributed by atoms with Crippen molar-refractivity contribution in [3.63, 3.8) is 0 Å². The number of thiazole rings is 1. The van der Waals surface area contributed by atoms with Crippen molar-refractivity contribution in [2.75, 3.05) is 18.0 Å². The lowest BCUT2D eigenvalue weighted by atomic mass is 10.1. The van der Waals surface area contributed by atoms with Gasteiger partial charge in [0.1, 0.15) is 0 Å². The first kappa shape index (κ1) is 20.0. The molecule has 3 rings (SSSR count). The summed E-state index contributed by atoms with van der Waals surface area (Å²) in [6, 6.07) is 9.83. The molecular formula is C20H23N3O4S. The quantitative estimate of drug-likeness (QED) is 0.685. The first-order valence-electron chi connectivity index (χ1n) is 9.29. The lowest BCUT2D eigenvalue weighted by Gasteiger charge is -2.13. The summed E-state index contributed by atoms with van der Waals surface area (Å²) in [6.07, 6.45) is 1.17. The van der Waals surface area contributed by atoms with Gasteiger partial charge in [-0.25, -0.2) is 4.98 Å². The van der Waals surface area contributed by atoms with Gasteiger partial charge >= 0.3 is 5.97 Å². The molecule has 1 aliphatic rings. The minimum absolute atomic E-state index is 0.0276. The number of anilines is 1. The number of esters is 1. The number of nitrogens with one attached hydrogen (secondary N) is 1. The third kappa shape index (κ3) is 5.39. The second-order valence-corrected chi connectivity index (χ2v) is 7.44. The topological polar surface area (TPSA) is 88.6 Å². The molecule has 2 aromatic rings. The number of carbonyl (C=O) groups is 3. The number of ether oxygens (including phenoxy) is 1. The Balaban J connectivity index is 1.42. The van der Waals surface area contributed by atoms with Crippen LogP contribution >= 0.6 is 11.3 Å². The highest BCUT2D eigenvalue weighted by Crippen LogP contribution is 2.25. The second-order valence-electron chi connectivity index (χ2n) is 6.61. The van der Waals surface area contributed by atoms with E-state index in [0.717, 1.165) is 12.0 Å². The van der Waals surface area contributed by atoms with E-state index in [0.29, 0.717) is 36.8 Å². The Kier molecular flexibility index (Phi) is 6.76. The maximum absolute atomic E-state index is 12.1. The molecule has 2 heterocycles. The fourth-order valence-corrected chi connectivity index (χ4v) is 3.78. The van der Waals surface area contributed by atoms with E-state index in [1.54, 1.807) is 17.2 Å². The molecule has 0 radical (unpaired) electrons. The molecule has 1 saturated heterocycles. The van der Waals surface area contributed by atoms with Crippen LogP contribution in [0.1, 0.15) is 31.0 Å². The zero-order chi connectivity index (χ0) is 19.9. The average Bonchev–Trinajstić information content (AvgIpc) is 3.31. The van der Waals surface area contributed by atoms with Gasteiger partial charge < -0.3 is 10.1 Å². The zero-order valence-corrected chi connectivity index (χ0v) is 16.5. The van der Waals surface area contributed by atoms with Gasteiger partial charge in [-0.05, 0) is 25.3 Å². The van der Waals surface area contributed by atoms with E-state index in [1.807, 2.05) is 30.3 Å². The highest BCUT2D eigenvalue weighted by atomic mass is 32.1. The van der Waals surface area contributed by atoms with E-state index in [2.05, 4.69) is 10.3 Å². The van der Waals surface area contributed by atoms with E-state index in [9.17, 15) is 14.4 Å². The number of amides is 2. The van der Waals surface area contributed by atoms with Gasteiger partial charge in [0, 0.05) is 24.9 Å². The standard InChI is InChI=1S/C20H23N3O4S/c1-14(19(26)21-10-9-15-6-3-2-4-7-15)27-18(25)12-16-13-28-20(22-16)23-11-5-8-17(23)24/h2-4,6-7,13-14H,5,8-12H2,1H3,(H,21,26). The van der Waals surface area contributed by atoms with Gasteiger partial charge in [-0.1, -0.05) is 30.3 Å². The molecule has 7 nitrogen and oxygen atoms in total. The Bertz CT molecular complexity index is 837. The number of hydrogen-bond acceptors (Lipinski definition) is 6. The number of hydrogen-bond donors (Lipinski definition) is 1. The van der Waals surface area contributed by atoms with E-state index >= 15 is 0 Å². The third-order valence-corrected chi connectivity index (χ3v) is 5.31. The smallest absolute Gasteiger partial charge is 0.312 e. The van der Waals surface area contributed by atoms with Crippen molar-refractivity contribution >= 4 is 34.3 Å². The highest BCUT2D eigenvalue weighted by Gasteiger charge is 2.25. The van der Waals surface area contributed by atoms with E-state index < -0.39 is 12.1 Å². The van der Waals surface area contributed by atoms with Crippen LogP contribution in [-0.2, 0) is 32.0 Å². The summed E-state index contributed by atoms with van der Waals surface area (Å²) in [5, 5.41) is 5.12. The molecule has 2 amide bonds. The number of aromatic nitrogens is 1. The molecule has 1 aliphatic heterocycles. The van der Waals surface area contributed by atoms with Crippen molar-refractivity contribution in [3.05, 3.63) is 47.0 Å². The van der Waals surface area contributed by atoms with E-state index in [1.165, 1.54) is 11.3 Å². The van der Waals surface area contributed by atoms with Crippen LogP contribution in [0.5, 0.6) is 0 Å². The summed E-state index contributed by atoms with van der Waals surface area (Å²) < 4.78 is 5.21. The van der Waals surface area contributed by atoms with Crippen LogP contribution < -0.4 is 10.2 Å². The minimum atomic E-state index is -0.874. The number of carbonyl (C=O) groups excluding carboxylic acids is 3. The van der Waals surface area contributed by atoms with Gasteiger partial charge in [-0.15, -0.1) is 11.3 Å². The fraction of sp³-hybridized carbons (Fsp3) is 0.400. The molecule has 1 unspecified atom stereocenters. The van der Waals surface area contributed by atoms with Gasteiger partial charge in [0.2, 0.25) is 5.91 Å². The zero-order valence-electron chi connectivity index (χ0n) is 15.7. The SMILES string of the molecule is CC(OC(=O)Cc1csc(N2CCCC2=O)n1)C(=O)NCCc1ccccc1. The molecule has 0 spiro atoms. The normalized spacial score (nSPS) is 14.8. The summed E-state index contributed by atoms with van der Waals surface area (Å²) in [6.45, 7) is 2.69. The molecule has 28 heavy (non-hydrogen) atoms. The molecule has 1 aromatic carbocycles. The number of rotatable bonds is 8. The summed E-state index contributed by atoms with van der Waals surface area (Å²) in [5.74, 6) is -0.787. The van der Waals surface area contributed by atoms with Crippen molar-refractivity contribution in [1.29, 1.82) is 0 Å². The van der Waals surface area contributed by atoms with Crippen molar-refractivity contribution in [1.82, 2.24) is 10.3 Å². The minimum Gasteiger partial charge on any atom is -0.452 e. The number of nitrogens with zero attached hydrogens (tertiary/aromatic N) is 2. The number of benzene rings is 1. The van der Waals surface area contributed by atoms with Crippen LogP contribution in [0.2, 0.25) is 0 Å². The molecule has 1 aromatic heterocycles. The van der Waals surface area contributed by atoms with Gasteiger partial charge in [0.25, 0.3) is 5.91 Å². The lowest BCUT2D eigenvalue weighted by Crippen LogP contribution is -2.37. The molecule has 1 fully saturated rings. The van der Waals surface area contributed by atoms with Crippen LogP contribution in [0.15, 0.2) is 35.7 Å². The van der Waals surface area contributed by atoms with Crippen LogP contribution in [0.4, 0.5) is 5.13 Å². The van der Waals surface area contributed by atoms with E-state index in [4.69, 9.17) is 4.74 Å². The highest BCUT2D eigenvalue weighted by molar-refractivity contribution is 7.14. The molecule has 148 valence electrons. The Morgan fingerprint density at radius 1 is 1.32 bits per heavy atom. The largest absolute Gasteiger partial charge is 0.452 e. The van der Waals surface area contributed by atoms with Crippen molar-refractivity contribution in [2.45, 2.75) is 38.7 Å². The van der Waals surface area contributed by atoms with Crippen molar-refractivity contribution in [3.8, 4) is 0 Å². The Morgan fingerprint density at radius 3 is 2.82 bits per heavy atom. The summed E-state index contributed by atoms with van der Waals surface area (Å²) in [5.41, 5.74) is 1.67. The Morgan fingerprint density at radius 2 is 2.11 bits per heavy atom. The molecule has 1 N–H and O–H groups in total. The van der Waals surface area contributed by atoms with Crippen molar-refractivity contribution < 1.29 is 19.1 Å². The van der Waals surface area contributed by atoms with Crippen molar-refractivity contribution in [2.24, 2.45) is 0 Å². The van der Waals surface area contributed by atoms with Crippen LogP contribution in [0.3, 0.4) is 0 Å². The Labute approximate surface area is 167 Å². The molecule has 0 saturated carbocycles. The molecule has 0 bridgehead atoms. The van der Waals surface area contributed by atoms with Gasteiger partial charge in [-0.2, -0.15) is 0 Å². The first-order valence-corrected chi connectivity index (χ1v) is 10.2.